The maximum absolute atomic E-state index is 11.4. The standard InChI is InChI=1S/C10H19N3O4/c11-6-7(14)2-3-8(12)9(15)17-10(16)13-4-1-5-13/h7-8,14H,1-6,11-12H2/t7-,8+/m1/s1. The van der Waals surface area contributed by atoms with Gasteiger partial charge < -0.3 is 26.2 Å². The predicted molar refractivity (Wildman–Crippen MR) is 59.9 cm³/mol. The molecule has 0 aromatic heterocycles. The smallest absolute Gasteiger partial charge is 0.392 e. The van der Waals surface area contributed by atoms with Gasteiger partial charge in [0.05, 0.1) is 6.10 Å². The maximum Gasteiger partial charge on any atom is 0.417 e. The van der Waals surface area contributed by atoms with Gasteiger partial charge in [-0.2, -0.15) is 0 Å². The van der Waals surface area contributed by atoms with E-state index in [1.54, 1.807) is 0 Å². The number of aliphatic hydroxyl groups excluding tert-OH is 1. The molecule has 0 aromatic rings. The summed E-state index contributed by atoms with van der Waals surface area (Å²) in [5.41, 5.74) is 10.7. The molecule has 1 saturated heterocycles. The molecule has 7 heteroatoms. The lowest BCUT2D eigenvalue weighted by atomic mass is 10.1. The lowest BCUT2D eigenvalue weighted by Gasteiger charge is -2.29. The fourth-order valence-corrected chi connectivity index (χ4v) is 1.33. The van der Waals surface area contributed by atoms with Gasteiger partial charge in [-0.15, -0.1) is 0 Å². The van der Waals surface area contributed by atoms with Crippen LogP contribution in [0.3, 0.4) is 0 Å². The Bertz CT molecular complexity index is 281. The van der Waals surface area contributed by atoms with E-state index in [9.17, 15) is 14.7 Å². The summed E-state index contributed by atoms with van der Waals surface area (Å²) in [6.07, 6.45) is 0.156. The van der Waals surface area contributed by atoms with Gasteiger partial charge in [0.1, 0.15) is 6.04 Å². The Morgan fingerprint density at radius 2 is 2.00 bits per heavy atom. The normalized spacial score (nSPS) is 18.2. The van der Waals surface area contributed by atoms with Crippen molar-refractivity contribution in [1.29, 1.82) is 0 Å². The zero-order chi connectivity index (χ0) is 12.8. The van der Waals surface area contributed by atoms with E-state index >= 15 is 0 Å². The number of carbonyl (C=O) groups is 2. The maximum atomic E-state index is 11.4. The molecule has 1 amide bonds. The van der Waals surface area contributed by atoms with Crippen LogP contribution in [0.5, 0.6) is 0 Å². The van der Waals surface area contributed by atoms with Gasteiger partial charge in [0.15, 0.2) is 0 Å². The van der Waals surface area contributed by atoms with Gasteiger partial charge in [0.2, 0.25) is 0 Å². The number of nitrogens with zero attached hydrogens (tertiary/aromatic N) is 1. The first-order valence-electron chi connectivity index (χ1n) is 5.69. The zero-order valence-corrected chi connectivity index (χ0v) is 9.67. The van der Waals surface area contributed by atoms with Crippen molar-refractivity contribution < 1.29 is 19.4 Å². The van der Waals surface area contributed by atoms with Gasteiger partial charge in [-0.25, -0.2) is 9.59 Å². The highest BCUT2D eigenvalue weighted by Crippen LogP contribution is 2.09. The molecule has 0 bridgehead atoms. The van der Waals surface area contributed by atoms with E-state index in [1.807, 2.05) is 0 Å². The monoisotopic (exact) mass is 245 g/mol. The Balaban J connectivity index is 2.23. The van der Waals surface area contributed by atoms with E-state index in [-0.39, 0.29) is 13.0 Å². The van der Waals surface area contributed by atoms with Crippen LogP contribution in [0.15, 0.2) is 0 Å². The van der Waals surface area contributed by atoms with Crippen molar-refractivity contribution in [1.82, 2.24) is 4.90 Å². The molecule has 0 radical (unpaired) electrons. The van der Waals surface area contributed by atoms with Crippen molar-refractivity contribution >= 4 is 12.1 Å². The Labute approximate surface area is 99.7 Å². The van der Waals surface area contributed by atoms with Crippen molar-refractivity contribution in [2.45, 2.75) is 31.4 Å². The Hall–Kier alpha value is -1.18. The summed E-state index contributed by atoms with van der Waals surface area (Å²) >= 11 is 0. The summed E-state index contributed by atoms with van der Waals surface area (Å²) in [5, 5.41) is 9.20. The predicted octanol–water partition coefficient (Wildman–Crippen LogP) is -1.22. The molecule has 1 rings (SSSR count). The van der Waals surface area contributed by atoms with E-state index < -0.39 is 24.2 Å². The highest BCUT2D eigenvalue weighted by atomic mass is 16.6. The molecule has 5 N–H and O–H groups in total. The van der Waals surface area contributed by atoms with Gasteiger partial charge in [0, 0.05) is 19.6 Å². The van der Waals surface area contributed by atoms with Crippen LogP contribution in [0.4, 0.5) is 4.79 Å². The third-order valence-corrected chi connectivity index (χ3v) is 2.69. The van der Waals surface area contributed by atoms with Crippen molar-refractivity contribution in [3.8, 4) is 0 Å². The molecule has 1 aliphatic heterocycles. The number of ether oxygens (including phenoxy) is 1. The highest BCUT2D eigenvalue weighted by Gasteiger charge is 2.26. The molecule has 1 heterocycles. The second-order valence-electron chi connectivity index (χ2n) is 4.10. The average molecular weight is 245 g/mol. The number of hydrogen-bond donors (Lipinski definition) is 3. The number of hydrogen-bond acceptors (Lipinski definition) is 6. The average Bonchev–Trinajstić information content (AvgIpc) is 2.22. The van der Waals surface area contributed by atoms with E-state index in [0.717, 1.165) is 6.42 Å². The molecule has 0 spiro atoms. The fourth-order valence-electron chi connectivity index (χ4n) is 1.33. The third kappa shape index (κ3) is 4.29. The SMILES string of the molecule is NC[C@H](O)CC[C@H](N)C(=O)OC(=O)N1CCC1. The molecule has 17 heavy (non-hydrogen) atoms. The topological polar surface area (TPSA) is 119 Å². The quantitative estimate of drug-likeness (QED) is 0.413. The number of rotatable bonds is 5. The van der Waals surface area contributed by atoms with E-state index in [1.165, 1.54) is 4.90 Å². The molecule has 0 aliphatic carbocycles. The van der Waals surface area contributed by atoms with E-state index in [4.69, 9.17) is 11.5 Å². The zero-order valence-electron chi connectivity index (χ0n) is 9.67. The number of likely N-dealkylation sites (tertiary alicyclic amines) is 1. The van der Waals surface area contributed by atoms with Crippen LogP contribution in [0.2, 0.25) is 0 Å². The highest BCUT2D eigenvalue weighted by molar-refractivity contribution is 5.87. The third-order valence-electron chi connectivity index (χ3n) is 2.69. The molecule has 0 unspecified atom stereocenters. The minimum atomic E-state index is -0.901. The number of aliphatic hydroxyl groups is 1. The lowest BCUT2D eigenvalue weighted by Crippen LogP contribution is -2.45. The molecule has 7 nitrogen and oxygen atoms in total. The van der Waals surface area contributed by atoms with Crippen LogP contribution < -0.4 is 11.5 Å². The number of carbonyl (C=O) groups excluding carboxylic acids is 2. The summed E-state index contributed by atoms with van der Waals surface area (Å²) < 4.78 is 4.59. The number of amides is 1. The van der Waals surface area contributed by atoms with Gasteiger partial charge in [0.25, 0.3) is 0 Å². The molecule has 0 aromatic carbocycles. The van der Waals surface area contributed by atoms with E-state index in [0.29, 0.717) is 19.5 Å². The second-order valence-corrected chi connectivity index (χ2v) is 4.10. The first-order valence-corrected chi connectivity index (χ1v) is 5.69. The fraction of sp³-hybridized carbons (Fsp3) is 0.800. The summed E-state index contributed by atoms with van der Waals surface area (Å²) in [6.45, 7) is 1.36. The summed E-state index contributed by atoms with van der Waals surface area (Å²) in [5.74, 6) is -0.758. The first kappa shape index (κ1) is 13.9. The van der Waals surface area contributed by atoms with Crippen LogP contribution in [-0.2, 0) is 9.53 Å². The molecule has 2 atom stereocenters. The Morgan fingerprint density at radius 1 is 1.35 bits per heavy atom. The van der Waals surface area contributed by atoms with Crippen LogP contribution in [0.25, 0.3) is 0 Å². The molecule has 1 aliphatic rings. The molecule has 98 valence electrons. The Kier molecular flexibility index (Phi) is 5.33. The van der Waals surface area contributed by atoms with Gasteiger partial charge in [-0.1, -0.05) is 0 Å². The molecular weight excluding hydrogens is 226 g/mol. The number of nitrogens with two attached hydrogens (primary N) is 2. The van der Waals surface area contributed by atoms with Crippen LogP contribution in [0, 0.1) is 0 Å². The van der Waals surface area contributed by atoms with Crippen molar-refractivity contribution in [3.63, 3.8) is 0 Å². The van der Waals surface area contributed by atoms with Gasteiger partial charge >= 0.3 is 12.1 Å². The van der Waals surface area contributed by atoms with Crippen LogP contribution in [0.1, 0.15) is 19.3 Å². The largest absolute Gasteiger partial charge is 0.417 e. The van der Waals surface area contributed by atoms with Gasteiger partial charge in [-0.05, 0) is 19.3 Å². The van der Waals surface area contributed by atoms with Gasteiger partial charge in [-0.3, -0.25) is 0 Å². The van der Waals surface area contributed by atoms with Crippen LogP contribution in [-0.4, -0.2) is 53.8 Å². The molecule has 0 saturated carbocycles. The van der Waals surface area contributed by atoms with Crippen LogP contribution >= 0.6 is 0 Å². The Morgan fingerprint density at radius 3 is 2.47 bits per heavy atom. The summed E-state index contributed by atoms with van der Waals surface area (Å²) in [7, 11) is 0. The van der Waals surface area contributed by atoms with Crippen molar-refractivity contribution in [3.05, 3.63) is 0 Å². The summed E-state index contributed by atoms with van der Waals surface area (Å²) in [6, 6.07) is -0.901. The van der Waals surface area contributed by atoms with Crippen molar-refractivity contribution in [2.24, 2.45) is 11.5 Å². The van der Waals surface area contributed by atoms with E-state index in [2.05, 4.69) is 4.74 Å². The molecule has 1 fully saturated rings. The summed E-state index contributed by atoms with van der Waals surface area (Å²) in [4.78, 5) is 24.1. The second kappa shape index (κ2) is 6.53. The molecular formula is C10H19N3O4. The van der Waals surface area contributed by atoms with Crippen molar-refractivity contribution in [2.75, 3.05) is 19.6 Å². The lowest BCUT2D eigenvalue weighted by molar-refractivity contribution is -0.140. The minimum Gasteiger partial charge on any atom is -0.392 e. The first-order chi connectivity index (χ1) is 8.04. The minimum absolute atomic E-state index is 0.120. The number of esters is 1.